The normalized spacial score (nSPS) is 25.0. The van der Waals surface area contributed by atoms with Gasteiger partial charge in [-0.25, -0.2) is 4.98 Å². The summed E-state index contributed by atoms with van der Waals surface area (Å²) >= 11 is 7.85. The number of imidazole rings is 1. The Morgan fingerprint density at radius 2 is 2.00 bits per heavy atom. The molecular formula is C19H22ClN5O4S. The third-order valence-electron chi connectivity index (χ3n) is 4.81. The molecule has 0 bridgehead atoms. The van der Waals surface area contributed by atoms with Gasteiger partial charge in [-0.05, 0) is 30.7 Å². The van der Waals surface area contributed by atoms with E-state index in [0.29, 0.717) is 17.0 Å². The minimum absolute atomic E-state index is 0.0152. The largest absolute Gasteiger partial charge is 0.394 e. The first-order chi connectivity index (χ1) is 14.5. The molecular weight excluding hydrogens is 430 g/mol. The Hall–Kier alpha value is -1.95. The van der Waals surface area contributed by atoms with Gasteiger partial charge in [-0.1, -0.05) is 18.2 Å². The molecule has 2 aromatic heterocycles. The minimum Gasteiger partial charge on any atom is -0.394 e. The van der Waals surface area contributed by atoms with Crippen molar-refractivity contribution in [1.82, 2.24) is 19.5 Å². The minimum atomic E-state index is -1.24. The maximum Gasteiger partial charge on any atom is 0.226 e. The van der Waals surface area contributed by atoms with Crippen LogP contribution in [0.4, 0.5) is 5.82 Å². The zero-order valence-electron chi connectivity index (χ0n) is 16.1. The molecule has 9 nitrogen and oxygen atoms in total. The molecule has 0 aliphatic carbocycles. The Labute approximate surface area is 182 Å². The van der Waals surface area contributed by atoms with Crippen LogP contribution in [0.2, 0.25) is 5.28 Å². The van der Waals surface area contributed by atoms with Crippen LogP contribution in [-0.2, 0) is 4.74 Å². The molecule has 1 saturated heterocycles. The number of fused-ring (bicyclic) bond motifs is 1. The van der Waals surface area contributed by atoms with Crippen molar-refractivity contribution in [3.05, 3.63) is 41.9 Å². The number of hydrogen-bond acceptors (Lipinski definition) is 9. The molecule has 1 aliphatic rings. The summed E-state index contributed by atoms with van der Waals surface area (Å²) in [7, 11) is 0. The van der Waals surface area contributed by atoms with Crippen molar-refractivity contribution in [2.45, 2.75) is 42.4 Å². The zero-order chi connectivity index (χ0) is 21.3. The maximum atomic E-state index is 10.3. The van der Waals surface area contributed by atoms with E-state index in [9.17, 15) is 15.3 Å². The van der Waals surface area contributed by atoms with Gasteiger partial charge in [0.25, 0.3) is 0 Å². The second kappa shape index (κ2) is 9.04. The van der Waals surface area contributed by atoms with E-state index in [2.05, 4.69) is 32.4 Å². The molecule has 1 aliphatic heterocycles. The van der Waals surface area contributed by atoms with Gasteiger partial charge in [0.2, 0.25) is 5.28 Å². The number of halogens is 1. The molecule has 4 N–H and O–H groups in total. The number of rotatable bonds is 7. The highest BCUT2D eigenvalue weighted by molar-refractivity contribution is 7.99. The average molecular weight is 452 g/mol. The van der Waals surface area contributed by atoms with Gasteiger partial charge in [-0.2, -0.15) is 9.97 Å². The molecule has 160 valence electrons. The quantitative estimate of drug-likeness (QED) is 0.313. The summed E-state index contributed by atoms with van der Waals surface area (Å²) in [6.07, 6.45) is -2.86. The smallest absolute Gasteiger partial charge is 0.226 e. The lowest BCUT2D eigenvalue weighted by Crippen LogP contribution is -2.33. The van der Waals surface area contributed by atoms with E-state index in [4.69, 9.17) is 16.3 Å². The molecule has 0 saturated carbocycles. The molecule has 1 fully saturated rings. The van der Waals surface area contributed by atoms with Gasteiger partial charge >= 0.3 is 0 Å². The maximum absolute atomic E-state index is 10.3. The number of ether oxygens (including phenoxy) is 1. The van der Waals surface area contributed by atoms with Gasteiger partial charge in [-0.3, -0.25) is 4.57 Å². The third-order valence-corrected chi connectivity index (χ3v) is 6.25. The lowest BCUT2D eigenvalue weighted by atomic mass is 10.1. The number of aliphatic hydroxyl groups excluding tert-OH is 3. The van der Waals surface area contributed by atoms with Crippen molar-refractivity contribution in [2.75, 3.05) is 17.7 Å². The van der Waals surface area contributed by atoms with E-state index in [1.165, 1.54) is 15.8 Å². The summed E-state index contributed by atoms with van der Waals surface area (Å²) in [5.74, 6) is 1.26. The molecule has 0 amide bonds. The van der Waals surface area contributed by atoms with Crippen LogP contribution in [0, 0.1) is 0 Å². The molecule has 3 heterocycles. The highest BCUT2D eigenvalue weighted by Gasteiger charge is 2.44. The Morgan fingerprint density at radius 1 is 1.23 bits per heavy atom. The average Bonchev–Trinajstić information content (AvgIpc) is 3.28. The van der Waals surface area contributed by atoms with Gasteiger partial charge < -0.3 is 25.4 Å². The van der Waals surface area contributed by atoms with Gasteiger partial charge in [-0.15, -0.1) is 11.8 Å². The third kappa shape index (κ3) is 4.25. The van der Waals surface area contributed by atoms with Gasteiger partial charge in [0, 0.05) is 16.7 Å². The van der Waals surface area contributed by atoms with E-state index in [1.807, 2.05) is 25.1 Å². The molecule has 0 spiro atoms. The van der Waals surface area contributed by atoms with E-state index in [1.54, 1.807) is 11.8 Å². The van der Waals surface area contributed by atoms with Gasteiger partial charge in [0.1, 0.15) is 18.3 Å². The molecule has 3 aromatic rings. The van der Waals surface area contributed by atoms with Crippen LogP contribution < -0.4 is 5.32 Å². The summed E-state index contributed by atoms with van der Waals surface area (Å²) in [5.41, 5.74) is 0.823. The van der Waals surface area contributed by atoms with Crippen molar-refractivity contribution >= 4 is 40.3 Å². The monoisotopic (exact) mass is 451 g/mol. The Bertz CT molecular complexity index is 1010. The number of nitrogens with zero attached hydrogens (tertiary/aromatic N) is 4. The number of benzene rings is 1. The summed E-state index contributed by atoms with van der Waals surface area (Å²) in [4.78, 5) is 14.0. The number of nitrogens with one attached hydrogen (secondary N) is 1. The molecule has 30 heavy (non-hydrogen) atoms. The first-order valence-corrected chi connectivity index (χ1v) is 10.8. The van der Waals surface area contributed by atoms with Crippen LogP contribution in [0.1, 0.15) is 13.2 Å². The number of aliphatic hydroxyl groups is 3. The highest BCUT2D eigenvalue weighted by Crippen LogP contribution is 2.33. The topological polar surface area (TPSA) is 126 Å². The van der Waals surface area contributed by atoms with Crippen molar-refractivity contribution < 1.29 is 20.1 Å². The van der Waals surface area contributed by atoms with E-state index >= 15 is 0 Å². The van der Waals surface area contributed by atoms with E-state index < -0.39 is 31.1 Å². The lowest BCUT2D eigenvalue weighted by molar-refractivity contribution is -0.0511. The standard InChI is InChI=1S/C19H22ClN5O4S/c1-10(8-30-11-5-3-2-4-6-11)22-16-13-17(24-19(20)23-16)25(9-21-13)18-15(28)14(27)12(7-26)29-18/h2-6,9-10,12,14-15,18,26-28H,7-8H2,1H3,(H,22,23,24)/t10?,12-,14?,15?,18-/m1/s1. The lowest BCUT2D eigenvalue weighted by Gasteiger charge is -2.17. The second-order valence-corrected chi connectivity index (χ2v) is 8.50. The van der Waals surface area contributed by atoms with Crippen LogP contribution in [-0.4, -0.2) is 71.6 Å². The van der Waals surface area contributed by atoms with Crippen LogP contribution >= 0.6 is 23.4 Å². The number of aromatic nitrogens is 4. The molecule has 3 unspecified atom stereocenters. The predicted molar refractivity (Wildman–Crippen MR) is 114 cm³/mol. The number of hydrogen-bond donors (Lipinski definition) is 4. The number of thioether (sulfide) groups is 1. The summed E-state index contributed by atoms with van der Waals surface area (Å²) in [5, 5.41) is 33.0. The fourth-order valence-corrected chi connectivity index (χ4v) is 4.34. The van der Waals surface area contributed by atoms with E-state index in [0.717, 1.165) is 5.75 Å². The molecule has 11 heteroatoms. The fraction of sp³-hybridized carbons (Fsp3) is 0.421. The SMILES string of the molecule is CC(CSc1ccccc1)Nc1nc(Cl)nc2c1ncn2[C@@H]1O[C@H](CO)C(O)C1O. The van der Waals surface area contributed by atoms with Crippen molar-refractivity contribution in [3.63, 3.8) is 0 Å². The number of anilines is 1. The highest BCUT2D eigenvalue weighted by atomic mass is 35.5. The second-order valence-electron chi connectivity index (χ2n) is 7.06. The summed E-state index contributed by atoms with van der Waals surface area (Å²) in [6, 6.07) is 10.1. The first kappa shape index (κ1) is 21.3. The Balaban J connectivity index is 1.55. The van der Waals surface area contributed by atoms with E-state index in [-0.39, 0.29) is 11.3 Å². The van der Waals surface area contributed by atoms with Crippen LogP contribution in [0.3, 0.4) is 0 Å². The predicted octanol–water partition coefficient (Wildman–Crippen LogP) is 1.68. The molecule has 1 aromatic carbocycles. The summed E-state index contributed by atoms with van der Waals surface area (Å²) < 4.78 is 7.07. The Morgan fingerprint density at radius 3 is 2.70 bits per heavy atom. The van der Waals surface area contributed by atoms with Gasteiger partial charge in [0.05, 0.1) is 12.9 Å². The van der Waals surface area contributed by atoms with Crippen molar-refractivity contribution in [2.24, 2.45) is 0 Å². The van der Waals surface area contributed by atoms with Gasteiger partial charge in [0.15, 0.2) is 23.2 Å². The first-order valence-electron chi connectivity index (χ1n) is 9.45. The molecule has 5 atom stereocenters. The fourth-order valence-electron chi connectivity index (χ4n) is 3.30. The van der Waals surface area contributed by atoms with Crippen molar-refractivity contribution in [3.8, 4) is 0 Å². The summed E-state index contributed by atoms with van der Waals surface area (Å²) in [6.45, 7) is 1.61. The van der Waals surface area contributed by atoms with Crippen LogP contribution in [0.5, 0.6) is 0 Å². The van der Waals surface area contributed by atoms with Crippen LogP contribution in [0.25, 0.3) is 11.2 Å². The van der Waals surface area contributed by atoms with Crippen LogP contribution in [0.15, 0.2) is 41.6 Å². The van der Waals surface area contributed by atoms with Crippen molar-refractivity contribution in [1.29, 1.82) is 0 Å². The Kier molecular flexibility index (Phi) is 6.42. The zero-order valence-corrected chi connectivity index (χ0v) is 17.7. The molecule has 4 rings (SSSR count). The molecule has 0 radical (unpaired) electrons.